The lowest BCUT2D eigenvalue weighted by atomic mass is 10.2. The third-order valence-electron chi connectivity index (χ3n) is 3.29. The first kappa shape index (κ1) is 19.6. The number of hydrogen-bond acceptors (Lipinski definition) is 5. The van der Waals surface area contributed by atoms with E-state index < -0.39 is 11.8 Å². The Morgan fingerprint density at radius 1 is 1.19 bits per heavy atom. The Labute approximate surface area is 159 Å². The van der Waals surface area contributed by atoms with E-state index in [4.69, 9.17) is 27.9 Å². The molecule has 0 saturated heterocycles. The van der Waals surface area contributed by atoms with E-state index >= 15 is 0 Å². The molecule has 0 bridgehead atoms. The van der Waals surface area contributed by atoms with Crippen LogP contribution in [0.4, 0.5) is 5.69 Å². The molecule has 0 unspecified atom stereocenters. The zero-order valence-corrected chi connectivity index (χ0v) is 15.4. The Hall–Kier alpha value is -2.77. The molecule has 0 fully saturated rings. The maximum absolute atomic E-state index is 11.9. The van der Waals surface area contributed by atoms with Crippen molar-refractivity contribution in [3.05, 3.63) is 51.5 Å². The number of carbonyl (C=O) groups excluding carboxylic acids is 2. The molecule has 0 saturated carbocycles. The lowest BCUT2D eigenvalue weighted by molar-refractivity contribution is -0.136. The lowest BCUT2D eigenvalue weighted by Gasteiger charge is -2.07. The number of hydrazone groups is 1. The topological polar surface area (TPSA) is 100 Å². The number of nitrogens with zero attached hydrogens (tertiary/aromatic N) is 1. The van der Waals surface area contributed by atoms with Crippen LogP contribution in [-0.2, 0) is 9.59 Å². The number of benzene rings is 2. The first-order valence-corrected chi connectivity index (χ1v) is 8.04. The van der Waals surface area contributed by atoms with E-state index in [0.717, 1.165) is 0 Å². The summed E-state index contributed by atoms with van der Waals surface area (Å²) in [6.45, 7) is 1.75. The molecule has 2 aromatic carbocycles. The van der Waals surface area contributed by atoms with Gasteiger partial charge < -0.3 is 15.2 Å². The molecule has 0 atom stereocenters. The number of aromatic hydroxyl groups is 1. The molecule has 0 heterocycles. The molecule has 2 aromatic rings. The van der Waals surface area contributed by atoms with Crippen molar-refractivity contribution in [1.29, 1.82) is 0 Å². The van der Waals surface area contributed by atoms with Gasteiger partial charge in [0.15, 0.2) is 11.5 Å². The zero-order chi connectivity index (χ0) is 19.3. The Balaban J connectivity index is 2.00. The third-order valence-corrected chi connectivity index (χ3v) is 3.82. The molecule has 2 rings (SSSR count). The van der Waals surface area contributed by atoms with Crippen molar-refractivity contribution in [3.8, 4) is 11.5 Å². The summed E-state index contributed by atoms with van der Waals surface area (Å²) in [5, 5.41) is 16.4. The molecular formula is C17H15Cl2N3O4. The molecule has 0 aromatic heterocycles. The molecule has 0 spiro atoms. The van der Waals surface area contributed by atoms with E-state index in [1.54, 1.807) is 25.1 Å². The van der Waals surface area contributed by atoms with Gasteiger partial charge in [-0.05, 0) is 48.4 Å². The lowest BCUT2D eigenvalue weighted by Crippen LogP contribution is -2.32. The number of rotatable bonds is 4. The predicted molar refractivity (Wildman–Crippen MR) is 100 cm³/mol. The minimum atomic E-state index is -0.951. The van der Waals surface area contributed by atoms with Gasteiger partial charge in [0.05, 0.1) is 18.3 Å². The van der Waals surface area contributed by atoms with Gasteiger partial charge in [-0.2, -0.15) is 5.10 Å². The smallest absolute Gasteiger partial charge is 0.329 e. The number of ether oxygens (including phenoxy) is 1. The number of nitrogens with one attached hydrogen (secondary N) is 2. The average Bonchev–Trinajstić information content (AvgIpc) is 2.60. The fraction of sp³-hybridized carbons (Fsp3) is 0.118. The quantitative estimate of drug-likeness (QED) is 0.420. The standard InChI is InChI=1S/C17H15Cl2N3O4/c1-9-5-11(18)3-4-13(9)21-16(24)17(25)22-20-8-10-6-12(19)15(23)14(7-10)26-2/h3-8,23H,1-2H3,(H,21,24)(H,22,25)/b20-8-. The van der Waals surface area contributed by atoms with E-state index in [-0.39, 0.29) is 16.5 Å². The number of amides is 2. The van der Waals surface area contributed by atoms with Crippen molar-refractivity contribution < 1.29 is 19.4 Å². The van der Waals surface area contributed by atoms with Crippen LogP contribution in [0.15, 0.2) is 35.4 Å². The van der Waals surface area contributed by atoms with E-state index in [0.29, 0.717) is 21.8 Å². The van der Waals surface area contributed by atoms with Gasteiger partial charge in [-0.3, -0.25) is 9.59 Å². The van der Waals surface area contributed by atoms with Gasteiger partial charge in [-0.25, -0.2) is 5.43 Å². The van der Waals surface area contributed by atoms with Crippen LogP contribution in [0.1, 0.15) is 11.1 Å². The fourth-order valence-electron chi connectivity index (χ4n) is 1.99. The summed E-state index contributed by atoms with van der Waals surface area (Å²) in [6.07, 6.45) is 1.26. The maximum Gasteiger partial charge on any atom is 0.329 e. The van der Waals surface area contributed by atoms with Gasteiger partial charge in [0.1, 0.15) is 0 Å². The third kappa shape index (κ3) is 4.87. The van der Waals surface area contributed by atoms with Crippen molar-refractivity contribution in [2.24, 2.45) is 5.10 Å². The molecule has 136 valence electrons. The van der Waals surface area contributed by atoms with Crippen LogP contribution in [0.3, 0.4) is 0 Å². The van der Waals surface area contributed by atoms with E-state index in [1.807, 2.05) is 0 Å². The summed E-state index contributed by atoms with van der Waals surface area (Å²) in [5.74, 6) is -1.88. The molecule has 0 aliphatic heterocycles. The summed E-state index contributed by atoms with van der Waals surface area (Å²) in [4.78, 5) is 23.7. The molecule has 9 heteroatoms. The van der Waals surface area contributed by atoms with Gasteiger partial charge in [-0.15, -0.1) is 0 Å². The Bertz CT molecular complexity index is 885. The normalized spacial score (nSPS) is 10.6. The van der Waals surface area contributed by atoms with Crippen LogP contribution >= 0.6 is 23.2 Å². The summed E-state index contributed by atoms with van der Waals surface area (Å²) in [5.41, 5.74) is 3.74. The fourth-order valence-corrected chi connectivity index (χ4v) is 2.43. The summed E-state index contributed by atoms with van der Waals surface area (Å²) in [6, 6.07) is 7.74. The second kappa shape index (κ2) is 8.55. The summed E-state index contributed by atoms with van der Waals surface area (Å²) < 4.78 is 4.96. The highest BCUT2D eigenvalue weighted by Gasteiger charge is 2.14. The Kier molecular flexibility index (Phi) is 6.43. The minimum Gasteiger partial charge on any atom is -0.503 e. The van der Waals surface area contributed by atoms with Crippen LogP contribution in [-0.4, -0.2) is 30.2 Å². The first-order valence-electron chi connectivity index (χ1n) is 7.29. The minimum absolute atomic E-state index is 0.0630. The predicted octanol–water partition coefficient (Wildman–Crippen LogP) is 3.10. The molecular weight excluding hydrogens is 381 g/mol. The van der Waals surface area contributed by atoms with Crippen LogP contribution in [0.25, 0.3) is 0 Å². The molecule has 26 heavy (non-hydrogen) atoms. The number of aryl methyl sites for hydroxylation is 1. The number of hydrogen-bond donors (Lipinski definition) is 3. The van der Waals surface area contributed by atoms with Crippen LogP contribution in [0.2, 0.25) is 10.0 Å². The van der Waals surface area contributed by atoms with Crippen molar-refractivity contribution in [2.75, 3.05) is 12.4 Å². The Morgan fingerprint density at radius 2 is 1.92 bits per heavy atom. The monoisotopic (exact) mass is 395 g/mol. The van der Waals surface area contributed by atoms with Gasteiger partial charge in [-0.1, -0.05) is 23.2 Å². The van der Waals surface area contributed by atoms with Gasteiger partial charge in [0.2, 0.25) is 0 Å². The summed E-state index contributed by atoms with van der Waals surface area (Å²) >= 11 is 11.7. The number of methoxy groups -OCH3 is 1. The zero-order valence-electron chi connectivity index (χ0n) is 13.8. The van der Waals surface area contributed by atoms with Crippen LogP contribution in [0.5, 0.6) is 11.5 Å². The average molecular weight is 396 g/mol. The summed E-state index contributed by atoms with van der Waals surface area (Å²) in [7, 11) is 1.37. The number of phenols is 1. The van der Waals surface area contributed by atoms with Gasteiger partial charge in [0, 0.05) is 10.7 Å². The van der Waals surface area contributed by atoms with Gasteiger partial charge >= 0.3 is 11.8 Å². The van der Waals surface area contributed by atoms with Crippen LogP contribution in [0, 0.1) is 6.92 Å². The first-order chi connectivity index (χ1) is 12.3. The molecule has 2 amide bonds. The van der Waals surface area contributed by atoms with Crippen molar-refractivity contribution >= 4 is 46.9 Å². The SMILES string of the molecule is COc1cc(/C=N\NC(=O)C(=O)Nc2ccc(Cl)cc2C)cc(Cl)c1O. The highest BCUT2D eigenvalue weighted by atomic mass is 35.5. The number of halogens is 2. The van der Waals surface area contributed by atoms with Crippen molar-refractivity contribution in [3.63, 3.8) is 0 Å². The van der Waals surface area contributed by atoms with E-state index in [2.05, 4.69) is 15.8 Å². The van der Waals surface area contributed by atoms with Crippen LogP contribution < -0.4 is 15.5 Å². The van der Waals surface area contributed by atoms with Crippen molar-refractivity contribution in [1.82, 2.24) is 5.43 Å². The molecule has 3 N–H and O–H groups in total. The number of carbonyl (C=O) groups is 2. The largest absolute Gasteiger partial charge is 0.503 e. The molecule has 7 nitrogen and oxygen atoms in total. The molecule has 0 aliphatic carbocycles. The second-order valence-electron chi connectivity index (χ2n) is 5.17. The highest BCUT2D eigenvalue weighted by molar-refractivity contribution is 6.39. The number of anilines is 1. The Morgan fingerprint density at radius 3 is 2.58 bits per heavy atom. The molecule has 0 radical (unpaired) electrons. The van der Waals surface area contributed by atoms with E-state index in [1.165, 1.54) is 25.5 Å². The highest BCUT2D eigenvalue weighted by Crippen LogP contribution is 2.34. The molecule has 0 aliphatic rings. The van der Waals surface area contributed by atoms with E-state index in [9.17, 15) is 14.7 Å². The van der Waals surface area contributed by atoms with Gasteiger partial charge in [0.25, 0.3) is 0 Å². The second-order valence-corrected chi connectivity index (χ2v) is 6.01. The van der Waals surface area contributed by atoms with Crippen molar-refractivity contribution in [2.45, 2.75) is 6.92 Å². The maximum atomic E-state index is 11.9. The number of phenolic OH excluding ortho intramolecular Hbond substituents is 1.